The van der Waals surface area contributed by atoms with Gasteiger partial charge in [-0.3, -0.25) is 10.1 Å². The van der Waals surface area contributed by atoms with E-state index in [0.29, 0.717) is 5.82 Å². The zero-order valence-corrected chi connectivity index (χ0v) is 14.4. The van der Waals surface area contributed by atoms with Gasteiger partial charge in [-0.2, -0.15) is 5.10 Å². The normalized spacial score (nSPS) is 17.0. The minimum absolute atomic E-state index is 0.203. The Morgan fingerprint density at radius 2 is 2.08 bits per heavy atom. The van der Waals surface area contributed by atoms with Gasteiger partial charge in [0.2, 0.25) is 0 Å². The van der Waals surface area contributed by atoms with Crippen LogP contribution in [-0.2, 0) is 14.3 Å². The summed E-state index contributed by atoms with van der Waals surface area (Å²) in [6.07, 6.45) is 6.01. The van der Waals surface area contributed by atoms with Crippen molar-refractivity contribution in [2.45, 2.75) is 0 Å². The van der Waals surface area contributed by atoms with Gasteiger partial charge in [0.25, 0.3) is 5.91 Å². The molecular formula is C17H13N5O3S. The third-order valence-electron chi connectivity index (χ3n) is 3.17. The third kappa shape index (κ3) is 4.39. The van der Waals surface area contributed by atoms with E-state index in [1.807, 2.05) is 24.3 Å². The number of ether oxygens (including phenoxy) is 1. The topological polar surface area (TPSA) is 106 Å². The molecule has 2 heterocycles. The predicted octanol–water partition coefficient (Wildman–Crippen LogP) is 1.75. The fourth-order valence-corrected chi connectivity index (χ4v) is 2.73. The molecule has 1 saturated heterocycles. The summed E-state index contributed by atoms with van der Waals surface area (Å²) in [6.45, 7) is 0. The number of nitrogens with one attached hydrogen (secondary N) is 1. The highest BCUT2D eigenvalue weighted by molar-refractivity contribution is 8.18. The van der Waals surface area contributed by atoms with Crippen LogP contribution >= 0.6 is 11.8 Å². The van der Waals surface area contributed by atoms with Crippen LogP contribution in [0.25, 0.3) is 11.4 Å². The maximum absolute atomic E-state index is 11.7. The molecule has 1 fully saturated rings. The number of hydrogen-bond acceptors (Lipinski definition) is 8. The van der Waals surface area contributed by atoms with E-state index in [4.69, 9.17) is 0 Å². The van der Waals surface area contributed by atoms with E-state index in [9.17, 15) is 9.59 Å². The Balaban J connectivity index is 1.71. The summed E-state index contributed by atoms with van der Waals surface area (Å²) in [5.41, 5.74) is 1.66. The molecule has 0 unspecified atom stereocenters. The summed E-state index contributed by atoms with van der Waals surface area (Å²) in [4.78, 5) is 31.5. The number of amides is 1. The third-order valence-corrected chi connectivity index (χ3v) is 4.07. The summed E-state index contributed by atoms with van der Waals surface area (Å²) in [6, 6.07) is 9.25. The van der Waals surface area contributed by atoms with Crippen LogP contribution in [-0.4, -0.2) is 40.3 Å². The Morgan fingerprint density at radius 3 is 2.85 bits per heavy atom. The molecule has 0 saturated carbocycles. The van der Waals surface area contributed by atoms with Crippen LogP contribution in [0.5, 0.6) is 0 Å². The lowest BCUT2D eigenvalue weighted by Gasteiger charge is -1.99. The SMILES string of the molecule is COC(=O)/C=C1/S/C(=N\N=Cc2cccc(-c3ncccn3)c2)NC1=O. The van der Waals surface area contributed by atoms with Gasteiger partial charge in [-0.05, 0) is 29.5 Å². The molecule has 9 heteroatoms. The van der Waals surface area contributed by atoms with Gasteiger partial charge in [0, 0.05) is 24.0 Å². The second-order valence-electron chi connectivity index (χ2n) is 4.94. The molecule has 130 valence electrons. The number of benzene rings is 1. The molecule has 0 spiro atoms. The van der Waals surface area contributed by atoms with Gasteiger partial charge in [-0.15, -0.1) is 5.10 Å². The quantitative estimate of drug-likeness (QED) is 0.382. The van der Waals surface area contributed by atoms with E-state index in [2.05, 4.69) is 30.2 Å². The first-order chi connectivity index (χ1) is 12.7. The molecule has 8 nitrogen and oxygen atoms in total. The average Bonchev–Trinajstić information content (AvgIpc) is 3.02. The molecule has 2 aromatic rings. The number of methoxy groups -OCH3 is 1. The smallest absolute Gasteiger partial charge is 0.331 e. The maximum Gasteiger partial charge on any atom is 0.331 e. The fraction of sp³-hybridized carbons (Fsp3) is 0.0588. The van der Waals surface area contributed by atoms with Gasteiger partial charge in [0.05, 0.1) is 18.2 Å². The van der Waals surface area contributed by atoms with E-state index in [1.165, 1.54) is 7.11 Å². The second-order valence-corrected chi connectivity index (χ2v) is 5.97. The first kappa shape index (κ1) is 17.5. The van der Waals surface area contributed by atoms with Crippen LogP contribution in [0.3, 0.4) is 0 Å². The molecule has 1 aromatic carbocycles. The van der Waals surface area contributed by atoms with Gasteiger partial charge in [0.15, 0.2) is 11.0 Å². The lowest BCUT2D eigenvalue weighted by atomic mass is 10.1. The number of carbonyl (C=O) groups excluding carboxylic acids is 2. The van der Waals surface area contributed by atoms with Crippen LogP contribution in [0, 0.1) is 0 Å². The first-order valence-electron chi connectivity index (χ1n) is 7.43. The molecule has 0 bridgehead atoms. The minimum Gasteiger partial charge on any atom is -0.466 e. The molecule has 0 atom stereocenters. The van der Waals surface area contributed by atoms with Crippen molar-refractivity contribution in [3.8, 4) is 11.4 Å². The number of hydrogen-bond donors (Lipinski definition) is 1. The lowest BCUT2D eigenvalue weighted by molar-refractivity contribution is -0.135. The van der Waals surface area contributed by atoms with Gasteiger partial charge in [0.1, 0.15) is 0 Å². The number of aromatic nitrogens is 2. The van der Waals surface area contributed by atoms with Crippen molar-refractivity contribution in [2.75, 3.05) is 7.11 Å². The zero-order chi connectivity index (χ0) is 18.4. The van der Waals surface area contributed by atoms with Crippen molar-refractivity contribution < 1.29 is 14.3 Å². The minimum atomic E-state index is -0.604. The average molecular weight is 367 g/mol. The Bertz CT molecular complexity index is 925. The summed E-state index contributed by atoms with van der Waals surface area (Å²) >= 11 is 1.01. The van der Waals surface area contributed by atoms with Crippen molar-refractivity contribution in [3.63, 3.8) is 0 Å². The highest BCUT2D eigenvalue weighted by atomic mass is 32.2. The Hall–Kier alpha value is -3.33. The van der Waals surface area contributed by atoms with Crippen LogP contribution < -0.4 is 5.32 Å². The number of nitrogens with zero attached hydrogens (tertiary/aromatic N) is 4. The molecule has 1 amide bonds. The largest absolute Gasteiger partial charge is 0.466 e. The molecular weight excluding hydrogens is 354 g/mol. The molecule has 0 radical (unpaired) electrons. The molecule has 26 heavy (non-hydrogen) atoms. The van der Waals surface area contributed by atoms with Crippen molar-refractivity contribution >= 4 is 35.0 Å². The first-order valence-corrected chi connectivity index (χ1v) is 8.24. The monoisotopic (exact) mass is 367 g/mol. The maximum atomic E-state index is 11.7. The van der Waals surface area contributed by atoms with Crippen LogP contribution in [0.1, 0.15) is 5.56 Å². The molecule has 1 aliphatic rings. The molecule has 3 rings (SSSR count). The number of rotatable bonds is 4. The van der Waals surface area contributed by atoms with Gasteiger partial charge in [-0.1, -0.05) is 18.2 Å². The standard InChI is InChI=1S/C17H13N5O3S/c1-25-14(23)9-13-16(24)21-17(26-13)22-20-10-11-4-2-5-12(8-11)15-18-6-3-7-19-15/h2-10H,1H3,(H,21,22,24)/b13-9+,20-10?. The summed E-state index contributed by atoms with van der Waals surface area (Å²) in [7, 11) is 1.24. The van der Waals surface area contributed by atoms with E-state index < -0.39 is 11.9 Å². The molecule has 1 aromatic heterocycles. The van der Waals surface area contributed by atoms with Gasteiger partial charge < -0.3 is 4.74 Å². The Kier molecular flexibility index (Phi) is 5.49. The summed E-state index contributed by atoms with van der Waals surface area (Å²) in [5, 5.41) is 10.7. The van der Waals surface area contributed by atoms with Crippen molar-refractivity contribution in [1.29, 1.82) is 0 Å². The summed E-state index contributed by atoms with van der Waals surface area (Å²) < 4.78 is 4.49. The van der Waals surface area contributed by atoms with Crippen LogP contribution in [0.15, 0.2) is 63.9 Å². The Morgan fingerprint density at radius 1 is 1.27 bits per heavy atom. The summed E-state index contributed by atoms with van der Waals surface area (Å²) in [5.74, 6) is -0.407. The second kappa shape index (κ2) is 8.17. The number of amidine groups is 1. The van der Waals surface area contributed by atoms with E-state index >= 15 is 0 Å². The number of carbonyl (C=O) groups is 2. The van der Waals surface area contributed by atoms with Crippen molar-refractivity contribution in [2.24, 2.45) is 10.2 Å². The molecule has 1 N–H and O–H groups in total. The predicted molar refractivity (Wildman–Crippen MR) is 98.3 cm³/mol. The zero-order valence-electron chi connectivity index (χ0n) is 13.6. The molecule has 0 aliphatic carbocycles. The lowest BCUT2D eigenvalue weighted by Crippen LogP contribution is -2.19. The Labute approximate surface area is 153 Å². The molecule has 1 aliphatic heterocycles. The van der Waals surface area contributed by atoms with Crippen LogP contribution in [0.4, 0.5) is 0 Å². The number of thioether (sulfide) groups is 1. The fourth-order valence-electron chi connectivity index (χ4n) is 2.00. The highest BCUT2D eigenvalue weighted by Crippen LogP contribution is 2.23. The van der Waals surface area contributed by atoms with E-state index in [1.54, 1.807) is 24.7 Å². The van der Waals surface area contributed by atoms with Crippen LogP contribution in [0.2, 0.25) is 0 Å². The van der Waals surface area contributed by atoms with E-state index in [-0.39, 0.29) is 10.1 Å². The highest BCUT2D eigenvalue weighted by Gasteiger charge is 2.24. The van der Waals surface area contributed by atoms with Crippen molar-refractivity contribution in [1.82, 2.24) is 15.3 Å². The number of esters is 1. The van der Waals surface area contributed by atoms with Gasteiger partial charge in [-0.25, -0.2) is 14.8 Å². The van der Waals surface area contributed by atoms with E-state index in [0.717, 1.165) is 29.0 Å². The van der Waals surface area contributed by atoms with Gasteiger partial charge >= 0.3 is 5.97 Å². The van der Waals surface area contributed by atoms with Crippen molar-refractivity contribution in [3.05, 3.63) is 59.3 Å².